The number of para-hydroxylation sites is 1. The molecule has 7 heteroatoms. The Morgan fingerprint density at radius 3 is 2.50 bits per heavy atom. The van der Waals surface area contributed by atoms with Gasteiger partial charge in [0.05, 0.1) is 5.69 Å². The highest BCUT2D eigenvalue weighted by Crippen LogP contribution is 2.40. The van der Waals surface area contributed by atoms with E-state index in [-0.39, 0.29) is 5.56 Å². The molecule has 1 N–H and O–H groups in total. The summed E-state index contributed by atoms with van der Waals surface area (Å²) in [6.45, 7) is 3.93. The van der Waals surface area contributed by atoms with Gasteiger partial charge in [0.25, 0.3) is 0 Å². The molecule has 3 aromatic carbocycles. The highest BCUT2D eigenvalue weighted by atomic mass is 32.2. The molecule has 36 heavy (non-hydrogen) atoms. The van der Waals surface area contributed by atoms with Gasteiger partial charge in [-0.05, 0) is 61.0 Å². The Bertz CT molecular complexity index is 1600. The Morgan fingerprint density at radius 2 is 1.61 bits per heavy atom. The fourth-order valence-electron chi connectivity index (χ4n) is 4.55. The monoisotopic (exact) mass is 494 g/mol. The lowest BCUT2D eigenvalue weighted by Gasteiger charge is -2.35. The van der Waals surface area contributed by atoms with Gasteiger partial charge in [-0.25, -0.2) is 0 Å². The number of anilines is 1. The van der Waals surface area contributed by atoms with E-state index < -0.39 is 0 Å². The molecule has 2 aromatic heterocycles. The number of fused-ring (bicyclic) bond motifs is 2. The van der Waals surface area contributed by atoms with Gasteiger partial charge in [0.1, 0.15) is 5.52 Å². The lowest BCUT2D eigenvalue weighted by Crippen LogP contribution is -2.44. The normalized spacial score (nSPS) is 14.4. The van der Waals surface area contributed by atoms with Crippen LogP contribution in [0.4, 0.5) is 5.69 Å². The Labute approximate surface area is 213 Å². The summed E-state index contributed by atoms with van der Waals surface area (Å²) in [5, 5.41) is 2.06. The zero-order valence-corrected chi connectivity index (χ0v) is 20.8. The maximum atomic E-state index is 11.8. The average molecular weight is 495 g/mol. The molecule has 0 atom stereocenters. The second-order valence-corrected chi connectivity index (χ2v) is 10.2. The number of aromatic nitrogens is 2. The molecule has 0 amide bonds. The molecule has 0 saturated carbocycles. The van der Waals surface area contributed by atoms with E-state index in [1.807, 2.05) is 48.5 Å². The van der Waals surface area contributed by atoms with E-state index in [0.717, 1.165) is 75.0 Å². The maximum absolute atomic E-state index is 11.8. The Balaban J connectivity index is 1.37. The third-order valence-electron chi connectivity index (χ3n) is 6.52. The van der Waals surface area contributed by atoms with E-state index in [2.05, 4.69) is 51.1 Å². The number of nitrogens with one attached hydrogen (secondary N) is 1. The van der Waals surface area contributed by atoms with Crippen molar-refractivity contribution < 1.29 is 4.74 Å². The first-order chi connectivity index (χ1) is 17.6. The van der Waals surface area contributed by atoms with Gasteiger partial charge in [0.2, 0.25) is 5.56 Å². The standard InChI is InChI=1S/C29H26N4O2S/c1-32-14-16-33(17-15-32)25-11-10-23(36-22-9-7-20-8-12-28(34)31-24(20)18-22)19-27(25)35-26-6-2-4-21-5-3-13-30-29(21)26/h2-13,18-19H,14-17H2,1H3,(H,31,34). The van der Waals surface area contributed by atoms with Gasteiger partial charge in [0.15, 0.2) is 11.5 Å². The number of H-pyrrole nitrogens is 1. The van der Waals surface area contributed by atoms with Crippen LogP contribution >= 0.6 is 11.8 Å². The van der Waals surface area contributed by atoms with Gasteiger partial charge in [0, 0.05) is 59.1 Å². The zero-order valence-electron chi connectivity index (χ0n) is 20.0. The minimum absolute atomic E-state index is 0.0967. The van der Waals surface area contributed by atoms with Crippen LogP contribution in [0.25, 0.3) is 21.8 Å². The minimum atomic E-state index is -0.0967. The van der Waals surface area contributed by atoms with Crippen LogP contribution in [0.3, 0.4) is 0 Å². The van der Waals surface area contributed by atoms with E-state index in [1.54, 1.807) is 24.0 Å². The number of hydrogen-bond donors (Lipinski definition) is 1. The van der Waals surface area contributed by atoms with Crippen molar-refractivity contribution in [3.05, 3.63) is 95.4 Å². The molecule has 5 aromatic rings. The Morgan fingerprint density at radius 1 is 0.833 bits per heavy atom. The molecule has 0 spiro atoms. The Hall–Kier alpha value is -3.81. The summed E-state index contributed by atoms with van der Waals surface area (Å²) in [4.78, 5) is 26.1. The summed E-state index contributed by atoms with van der Waals surface area (Å²) in [5.41, 5.74) is 2.67. The summed E-state index contributed by atoms with van der Waals surface area (Å²) in [5.74, 6) is 1.56. The molecule has 3 heterocycles. The molecule has 0 aliphatic carbocycles. The predicted molar refractivity (Wildman–Crippen MR) is 147 cm³/mol. The van der Waals surface area contributed by atoms with Crippen molar-refractivity contribution in [2.24, 2.45) is 0 Å². The fraction of sp³-hybridized carbons (Fsp3) is 0.172. The Kier molecular flexibility index (Phi) is 6.09. The number of nitrogens with zero attached hydrogens (tertiary/aromatic N) is 3. The van der Waals surface area contributed by atoms with Crippen molar-refractivity contribution in [3.8, 4) is 11.5 Å². The van der Waals surface area contributed by atoms with Crippen molar-refractivity contribution >= 4 is 39.3 Å². The first-order valence-electron chi connectivity index (χ1n) is 12.0. The van der Waals surface area contributed by atoms with E-state index in [9.17, 15) is 4.79 Å². The lowest BCUT2D eigenvalue weighted by molar-refractivity contribution is 0.312. The first-order valence-corrected chi connectivity index (χ1v) is 12.8. The van der Waals surface area contributed by atoms with Crippen LogP contribution < -0.4 is 15.2 Å². The highest BCUT2D eigenvalue weighted by Gasteiger charge is 2.19. The second-order valence-electron chi connectivity index (χ2n) is 9.03. The molecule has 1 fully saturated rings. The summed E-state index contributed by atoms with van der Waals surface area (Å²) >= 11 is 1.65. The number of benzene rings is 3. The van der Waals surface area contributed by atoms with Gasteiger partial charge in [-0.1, -0.05) is 36.0 Å². The third kappa shape index (κ3) is 4.67. The van der Waals surface area contributed by atoms with Gasteiger partial charge in [-0.15, -0.1) is 0 Å². The van der Waals surface area contributed by atoms with Crippen LogP contribution in [-0.2, 0) is 0 Å². The maximum Gasteiger partial charge on any atom is 0.248 e. The summed E-state index contributed by atoms with van der Waals surface area (Å²) in [7, 11) is 2.16. The van der Waals surface area contributed by atoms with Crippen LogP contribution in [0.5, 0.6) is 11.5 Å². The molecular weight excluding hydrogens is 468 g/mol. The molecule has 1 aliphatic rings. The molecule has 0 bridgehead atoms. The van der Waals surface area contributed by atoms with Crippen LogP contribution in [0, 0.1) is 0 Å². The number of likely N-dealkylation sites (N-methyl/N-ethyl adjacent to an activating group) is 1. The van der Waals surface area contributed by atoms with Crippen molar-refractivity contribution in [1.29, 1.82) is 0 Å². The van der Waals surface area contributed by atoms with E-state index in [1.165, 1.54) is 0 Å². The highest BCUT2D eigenvalue weighted by molar-refractivity contribution is 7.99. The summed E-state index contributed by atoms with van der Waals surface area (Å²) in [6, 6.07) is 26.0. The fourth-order valence-corrected chi connectivity index (χ4v) is 5.44. The largest absolute Gasteiger partial charge is 0.453 e. The van der Waals surface area contributed by atoms with Crippen LogP contribution in [0.15, 0.2) is 99.6 Å². The van der Waals surface area contributed by atoms with Gasteiger partial charge >= 0.3 is 0 Å². The van der Waals surface area contributed by atoms with Gasteiger partial charge < -0.3 is 19.5 Å². The van der Waals surface area contributed by atoms with Crippen molar-refractivity contribution in [2.45, 2.75) is 9.79 Å². The molecule has 0 radical (unpaired) electrons. The van der Waals surface area contributed by atoms with Crippen LogP contribution in [0.1, 0.15) is 0 Å². The first kappa shape index (κ1) is 22.6. The number of hydrogen-bond acceptors (Lipinski definition) is 6. The minimum Gasteiger partial charge on any atom is -0.453 e. The topological polar surface area (TPSA) is 61.5 Å². The summed E-state index contributed by atoms with van der Waals surface area (Å²) in [6.07, 6.45) is 1.80. The SMILES string of the molecule is CN1CCN(c2ccc(Sc3ccc4ccc(=O)[nH]c4c3)cc2Oc2cccc3cccnc23)CC1. The predicted octanol–water partition coefficient (Wildman–Crippen LogP) is 5.77. The van der Waals surface area contributed by atoms with E-state index >= 15 is 0 Å². The summed E-state index contributed by atoms with van der Waals surface area (Å²) < 4.78 is 6.59. The van der Waals surface area contributed by atoms with Gasteiger partial charge in [-0.2, -0.15) is 0 Å². The van der Waals surface area contributed by atoms with E-state index in [4.69, 9.17) is 4.74 Å². The number of ether oxygens (including phenoxy) is 1. The van der Waals surface area contributed by atoms with Crippen molar-refractivity contribution in [3.63, 3.8) is 0 Å². The van der Waals surface area contributed by atoms with Gasteiger partial charge in [-0.3, -0.25) is 9.78 Å². The average Bonchev–Trinajstić information content (AvgIpc) is 2.89. The molecular formula is C29H26N4O2S. The zero-order chi connectivity index (χ0) is 24.5. The van der Waals surface area contributed by atoms with Crippen molar-refractivity contribution in [1.82, 2.24) is 14.9 Å². The molecule has 6 rings (SSSR count). The van der Waals surface area contributed by atoms with Crippen molar-refractivity contribution in [2.75, 3.05) is 38.1 Å². The van der Waals surface area contributed by atoms with Crippen LogP contribution in [0.2, 0.25) is 0 Å². The second kappa shape index (κ2) is 9.68. The number of pyridine rings is 2. The van der Waals surface area contributed by atoms with Crippen LogP contribution in [-0.4, -0.2) is 48.1 Å². The number of aromatic amines is 1. The number of rotatable bonds is 5. The molecule has 180 valence electrons. The molecule has 1 aliphatic heterocycles. The lowest BCUT2D eigenvalue weighted by atomic mass is 10.2. The quantitative estimate of drug-likeness (QED) is 0.335. The van der Waals surface area contributed by atoms with E-state index in [0.29, 0.717) is 0 Å². The number of piperazine rings is 1. The molecule has 1 saturated heterocycles. The molecule has 6 nitrogen and oxygen atoms in total. The smallest absolute Gasteiger partial charge is 0.248 e. The third-order valence-corrected chi connectivity index (χ3v) is 7.50. The molecule has 0 unspecified atom stereocenters.